The van der Waals surface area contributed by atoms with Crippen LogP contribution in [0.25, 0.3) is 0 Å². The number of sulfonamides is 1. The van der Waals surface area contributed by atoms with Crippen LogP contribution in [0.15, 0.2) is 71.6 Å². The van der Waals surface area contributed by atoms with Crippen LogP contribution in [0.4, 0.5) is 11.4 Å². The van der Waals surface area contributed by atoms with E-state index in [1.165, 1.54) is 30.3 Å². The van der Waals surface area contributed by atoms with Gasteiger partial charge in [0.05, 0.1) is 4.90 Å². The molecule has 4 N–H and O–H groups in total. The van der Waals surface area contributed by atoms with Gasteiger partial charge in [-0.1, -0.05) is 17.7 Å². The van der Waals surface area contributed by atoms with Crippen molar-refractivity contribution in [2.45, 2.75) is 11.8 Å². The lowest BCUT2D eigenvalue weighted by Crippen LogP contribution is -2.16. The highest BCUT2D eigenvalue weighted by atomic mass is 35.5. The van der Waals surface area contributed by atoms with Crippen LogP contribution < -0.4 is 15.8 Å². The number of hydrogen-bond acceptors (Lipinski definition) is 4. The first-order valence-corrected chi connectivity index (χ1v) is 10.6. The predicted molar refractivity (Wildman–Crippen MR) is 116 cm³/mol. The largest absolute Gasteiger partial charge is 0.366 e. The third-order valence-electron chi connectivity index (χ3n) is 4.26. The van der Waals surface area contributed by atoms with E-state index in [2.05, 4.69) is 10.0 Å². The minimum atomic E-state index is -3.89. The van der Waals surface area contributed by atoms with E-state index in [1.54, 1.807) is 43.3 Å². The van der Waals surface area contributed by atoms with Gasteiger partial charge < -0.3 is 11.1 Å². The van der Waals surface area contributed by atoms with E-state index in [0.717, 1.165) is 0 Å². The first-order chi connectivity index (χ1) is 14.2. The summed E-state index contributed by atoms with van der Waals surface area (Å²) >= 11 is 5.83. The van der Waals surface area contributed by atoms with Crippen LogP contribution in [-0.4, -0.2) is 20.2 Å². The fraction of sp³-hybridized carbons (Fsp3) is 0.0476. The van der Waals surface area contributed by atoms with Gasteiger partial charge in [-0.15, -0.1) is 0 Å². The third kappa shape index (κ3) is 4.97. The molecule has 3 rings (SSSR count). The average molecular weight is 444 g/mol. The van der Waals surface area contributed by atoms with E-state index in [4.69, 9.17) is 17.3 Å². The molecule has 0 aliphatic rings. The molecule has 154 valence electrons. The van der Waals surface area contributed by atoms with Gasteiger partial charge in [0.25, 0.3) is 15.9 Å². The Kier molecular flexibility index (Phi) is 6.09. The molecule has 0 aliphatic carbocycles. The van der Waals surface area contributed by atoms with Crippen molar-refractivity contribution < 1.29 is 18.0 Å². The highest BCUT2D eigenvalue weighted by molar-refractivity contribution is 7.92. The summed E-state index contributed by atoms with van der Waals surface area (Å²) in [5.41, 5.74) is 6.95. The second-order valence-electron chi connectivity index (χ2n) is 6.49. The van der Waals surface area contributed by atoms with Crippen LogP contribution >= 0.6 is 11.6 Å². The highest BCUT2D eigenvalue weighted by Gasteiger charge is 2.18. The number of carbonyl (C=O) groups excluding carboxylic acids is 2. The summed E-state index contributed by atoms with van der Waals surface area (Å²) in [7, 11) is -3.89. The van der Waals surface area contributed by atoms with Crippen molar-refractivity contribution >= 4 is 44.8 Å². The van der Waals surface area contributed by atoms with Crippen LogP contribution in [-0.2, 0) is 10.0 Å². The molecule has 2 amide bonds. The number of anilines is 2. The number of aryl methyl sites for hydroxylation is 1. The molecule has 0 saturated carbocycles. The molecule has 0 saturated heterocycles. The Morgan fingerprint density at radius 1 is 0.867 bits per heavy atom. The first-order valence-electron chi connectivity index (χ1n) is 8.76. The van der Waals surface area contributed by atoms with E-state index in [1.807, 2.05) is 0 Å². The summed E-state index contributed by atoms with van der Waals surface area (Å²) in [6, 6.07) is 16.6. The summed E-state index contributed by atoms with van der Waals surface area (Å²) in [5.74, 6) is -1.05. The van der Waals surface area contributed by atoms with E-state index in [0.29, 0.717) is 27.5 Å². The maximum Gasteiger partial charge on any atom is 0.262 e. The Bertz CT molecular complexity index is 1210. The summed E-state index contributed by atoms with van der Waals surface area (Å²) < 4.78 is 28.1. The van der Waals surface area contributed by atoms with Crippen LogP contribution in [0, 0.1) is 6.92 Å². The highest BCUT2D eigenvalue weighted by Crippen LogP contribution is 2.24. The van der Waals surface area contributed by atoms with E-state index >= 15 is 0 Å². The van der Waals surface area contributed by atoms with Crippen LogP contribution in [0.5, 0.6) is 0 Å². The Balaban J connectivity index is 1.82. The van der Waals surface area contributed by atoms with Gasteiger partial charge in [0.2, 0.25) is 5.91 Å². The number of rotatable bonds is 6. The van der Waals surface area contributed by atoms with Crippen LogP contribution in [0.1, 0.15) is 26.3 Å². The van der Waals surface area contributed by atoms with Gasteiger partial charge in [-0.2, -0.15) is 0 Å². The molecule has 0 unspecified atom stereocenters. The lowest BCUT2D eigenvalue weighted by Gasteiger charge is -2.13. The quantitative estimate of drug-likeness (QED) is 0.536. The van der Waals surface area contributed by atoms with E-state index in [-0.39, 0.29) is 10.5 Å². The predicted octanol–water partition coefficient (Wildman–Crippen LogP) is 3.80. The molecule has 0 aromatic heterocycles. The standard InChI is InChI=1S/C21H18ClN3O4S/c1-13-2-9-18(24-21(27)15-5-3-14(4-6-15)20(23)26)12-19(13)30(28,29)25-17-10-7-16(22)8-11-17/h2-12,25H,1H3,(H2,23,26)(H,24,27). The molecule has 9 heteroatoms. The molecular formula is C21H18ClN3O4S. The zero-order valence-electron chi connectivity index (χ0n) is 15.8. The molecule has 30 heavy (non-hydrogen) atoms. The summed E-state index contributed by atoms with van der Waals surface area (Å²) in [6.45, 7) is 1.66. The second-order valence-corrected chi connectivity index (χ2v) is 8.58. The molecule has 0 aliphatic heterocycles. The number of carbonyl (C=O) groups is 2. The molecule has 0 atom stereocenters. The second kappa shape index (κ2) is 8.56. The Hall–Kier alpha value is -3.36. The van der Waals surface area contributed by atoms with E-state index < -0.39 is 21.8 Å². The summed E-state index contributed by atoms with van der Waals surface area (Å²) in [4.78, 5) is 23.6. The van der Waals surface area contributed by atoms with Gasteiger partial charge in [0, 0.05) is 27.5 Å². The fourth-order valence-corrected chi connectivity index (χ4v) is 4.14. The lowest BCUT2D eigenvalue weighted by atomic mass is 10.1. The topological polar surface area (TPSA) is 118 Å². The van der Waals surface area contributed by atoms with Gasteiger partial charge in [0.1, 0.15) is 0 Å². The fourth-order valence-electron chi connectivity index (χ4n) is 2.68. The minimum absolute atomic E-state index is 0.0272. The van der Waals surface area contributed by atoms with Crippen LogP contribution in [0.3, 0.4) is 0 Å². The Morgan fingerprint density at radius 2 is 1.43 bits per heavy atom. The number of nitrogens with one attached hydrogen (secondary N) is 2. The molecule has 0 heterocycles. The molecule has 0 spiro atoms. The van der Waals surface area contributed by atoms with Gasteiger partial charge in [-0.05, 0) is 73.2 Å². The van der Waals surface area contributed by atoms with Crippen molar-refractivity contribution in [1.82, 2.24) is 0 Å². The van der Waals surface area contributed by atoms with Crippen molar-refractivity contribution in [2.24, 2.45) is 5.73 Å². The number of benzene rings is 3. The number of hydrogen-bond donors (Lipinski definition) is 3. The maximum absolute atomic E-state index is 12.8. The molecule has 3 aromatic carbocycles. The van der Waals surface area contributed by atoms with Gasteiger partial charge in [-0.3, -0.25) is 14.3 Å². The number of primary amides is 1. The van der Waals surface area contributed by atoms with Crippen molar-refractivity contribution in [3.05, 3.63) is 88.4 Å². The maximum atomic E-state index is 12.8. The number of halogens is 1. The van der Waals surface area contributed by atoms with Gasteiger partial charge in [-0.25, -0.2) is 8.42 Å². The van der Waals surface area contributed by atoms with Gasteiger partial charge in [0.15, 0.2) is 0 Å². The molecule has 0 bridgehead atoms. The zero-order valence-corrected chi connectivity index (χ0v) is 17.4. The van der Waals surface area contributed by atoms with Crippen molar-refractivity contribution in [2.75, 3.05) is 10.0 Å². The Labute approximate surface area is 178 Å². The Morgan fingerprint density at radius 3 is 2.03 bits per heavy atom. The molecular weight excluding hydrogens is 426 g/mol. The zero-order chi connectivity index (χ0) is 21.9. The van der Waals surface area contributed by atoms with Crippen molar-refractivity contribution in [3.63, 3.8) is 0 Å². The first kappa shape index (κ1) is 21.4. The lowest BCUT2D eigenvalue weighted by molar-refractivity contribution is 0.0995. The number of amides is 2. The SMILES string of the molecule is Cc1ccc(NC(=O)c2ccc(C(N)=O)cc2)cc1S(=O)(=O)Nc1ccc(Cl)cc1. The summed E-state index contributed by atoms with van der Waals surface area (Å²) in [5, 5.41) is 3.14. The minimum Gasteiger partial charge on any atom is -0.366 e. The molecule has 7 nitrogen and oxygen atoms in total. The molecule has 3 aromatic rings. The van der Waals surface area contributed by atoms with Crippen LogP contribution in [0.2, 0.25) is 5.02 Å². The van der Waals surface area contributed by atoms with Gasteiger partial charge >= 0.3 is 0 Å². The normalized spacial score (nSPS) is 11.0. The third-order valence-corrected chi connectivity index (χ3v) is 6.04. The monoisotopic (exact) mass is 443 g/mol. The smallest absolute Gasteiger partial charge is 0.262 e. The summed E-state index contributed by atoms with van der Waals surface area (Å²) in [6.07, 6.45) is 0. The molecule has 0 fully saturated rings. The van der Waals surface area contributed by atoms with Crippen molar-refractivity contribution in [3.8, 4) is 0 Å². The number of nitrogens with two attached hydrogens (primary N) is 1. The molecule has 0 radical (unpaired) electrons. The van der Waals surface area contributed by atoms with E-state index in [9.17, 15) is 18.0 Å². The van der Waals surface area contributed by atoms with Crippen molar-refractivity contribution in [1.29, 1.82) is 0 Å². The average Bonchev–Trinajstić information content (AvgIpc) is 2.71.